The van der Waals surface area contributed by atoms with Gasteiger partial charge in [-0.3, -0.25) is 0 Å². The van der Waals surface area contributed by atoms with Gasteiger partial charge in [-0.1, -0.05) is 53.6 Å². The Morgan fingerprint density at radius 2 is 1.71 bits per heavy atom. The fourth-order valence-corrected chi connectivity index (χ4v) is 4.53. The number of halogens is 1. The minimum absolute atomic E-state index is 0.389. The van der Waals surface area contributed by atoms with Gasteiger partial charge in [0.15, 0.2) is 0 Å². The Kier molecular flexibility index (Phi) is 7.30. The summed E-state index contributed by atoms with van der Waals surface area (Å²) in [5, 5.41) is 2.03. The van der Waals surface area contributed by atoms with Crippen molar-refractivity contribution in [2.45, 2.75) is 26.4 Å². The summed E-state index contributed by atoms with van der Waals surface area (Å²) in [4.78, 5) is 0. The number of piperidine rings is 1. The van der Waals surface area contributed by atoms with Crippen LogP contribution >= 0.6 is 11.6 Å². The lowest BCUT2D eigenvalue weighted by Gasteiger charge is -2.30. The van der Waals surface area contributed by atoms with Crippen LogP contribution in [0.25, 0.3) is 6.08 Å². The molecule has 0 amide bonds. The normalized spacial score (nSPS) is 16.6. The molecule has 6 heteroatoms. The fourth-order valence-electron chi connectivity index (χ4n) is 3.18. The first kappa shape index (κ1) is 21.1. The molecule has 1 heterocycles. The predicted molar refractivity (Wildman–Crippen MR) is 115 cm³/mol. The van der Waals surface area contributed by atoms with Crippen LogP contribution in [-0.4, -0.2) is 32.4 Å². The Labute approximate surface area is 172 Å². The summed E-state index contributed by atoms with van der Waals surface area (Å²) in [5.74, 6) is 0.389. The second kappa shape index (κ2) is 9.70. The van der Waals surface area contributed by atoms with Gasteiger partial charge in [-0.25, -0.2) is 8.42 Å². The van der Waals surface area contributed by atoms with E-state index >= 15 is 0 Å². The van der Waals surface area contributed by atoms with Gasteiger partial charge < -0.3 is 4.74 Å². The highest BCUT2D eigenvalue weighted by Crippen LogP contribution is 2.22. The molecule has 28 heavy (non-hydrogen) atoms. The molecular weight excluding hydrogens is 394 g/mol. The molecule has 0 spiro atoms. The van der Waals surface area contributed by atoms with E-state index < -0.39 is 10.0 Å². The maximum atomic E-state index is 12.6. The minimum Gasteiger partial charge on any atom is -0.376 e. The highest BCUT2D eigenvalue weighted by Gasteiger charge is 2.26. The summed E-state index contributed by atoms with van der Waals surface area (Å²) in [6.45, 7) is 4.28. The SMILES string of the molecule is Cc1ccc(/C=C/S(=O)(=O)N2CCC(COCc3ccc(Cl)cc3)CC2)cc1. The Morgan fingerprint density at radius 3 is 2.36 bits per heavy atom. The number of ether oxygens (including phenoxy) is 1. The zero-order chi connectivity index (χ0) is 20.0. The Balaban J connectivity index is 1.44. The van der Waals surface area contributed by atoms with Crippen LogP contribution in [0.1, 0.15) is 29.5 Å². The monoisotopic (exact) mass is 419 g/mol. The molecule has 2 aromatic carbocycles. The van der Waals surface area contributed by atoms with Gasteiger partial charge in [-0.15, -0.1) is 0 Å². The Morgan fingerprint density at radius 1 is 1.07 bits per heavy atom. The lowest BCUT2D eigenvalue weighted by molar-refractivity contribution is 0.0689. The van der Waals surface area contributed by atoms with Crippen molar-refractivity contribution in [1.29, 1.82) is 0 Å². The summed E-state index contributed by atoms with van der Waals surface area (Å²) in [5.41, 5.74) is 3.13. The number of sulfonamides is 1. The van der Waals surface area contributed by atoms with E-state index in [1.165, 1.54) is 5.41 Å². The van der Waals surface area contributed by atoms with Crippen LogP contribution < -0.4 is 0 Å². The average molecular weight is 420 g/mol. The summed E-state index contributed by atoms with van der Waals surface area (Å²) >= 11 is 5.88. The van der Waals surface area contributed by atoms with Crippen molar-refractivity contribution in [3.05, 3.63) is 75.7 Å². The minimum atomic E-state index is -3.38. The van der Waals surface area contributed by atoms with Crippen molar-refractivity contribution < 1.29 is 13.2 Å². The van der Waals surface area contributed by atoms with Gasteiger partial charge in [0.2, 0.25) is 10.0 Å². The van der Waals surface area contributed by atoms with Crippen molar-refractivity contribution in [2.75, 3.05) is 19.7 Å². The molecule has 0 N–H and O–H groups in total. The van der Waals surface area contributed by atoms with Crippen LogP contribution in [0.15, 0.2) is 53.9 Å². The third-order valence-electron chi connectivity index (χ3n) is 4.98. The largest absolute Gasteiger partial charge is 0.376 e. The smallest absolute Gasteiger partial charge is 0.236 e. The molecule has 0 radical (unpaired) electrons. The van der Waals surface area contributed by atoms with E-state index in [2.05, 4.69) is 0 Å². The van der Waals surface area contributed by atoms with E-state index in [1.54, 1.807) is 10.4 Å². The lowest BCUT2D eigenvalue weighted by atomic mass is 9.99. The number of nitrogens with zero attached hydrogens (tertiary/aromatic N) is 1. The van der Waals surface area contributed by atoms with Gasteiger partial charge in [0.05, 0.1) is 6.61 Å². The second-order valence-electron chi connectivity index (χ2n) is 7.24. The van der Waals surface area contributed by atoms with Crippen LogP contribution in [-0.2, 0) is 21.4 Å². The molecule has 1 fully saturated rings. The molecule has 0 bridgehead atoms. The number of benzene rings is 2. The maximum absolute atomic E-state index is 12.6. The fraction of sp³-hybridized carbons (Fsp3) is 0.364. The highest BCUT2D eigenvalue weighted by molar-refractivity contribution is 7.92. The molecule has 1 aliphatic heterocycles. The van der Waals surface area contributed by atoms with Crippen molar-refractivity contribution >= 4 is 27.7 Å². The van der Waals surface area contributed by atoms with Crippen LogP contribution in [0.3, 0.4) is 0 Å². The van der Waals surface area contributed by atoms with Crippen LogP contribution in [0, 0.1) is 12.8 Å². The molecular formula is C22H26ClNO3S. The first-order valence-corrected chi connectivity index (χ1v) is 11.4. The predicted octanol–water partition coefficient (Wildman–Crippen LogP) is 4.88. The number of aryl methyl sites for hydroxylation is 1. The standard InChI is InChI=1S/C22H26ClNO3S/c1-18-2-4-19(5-3-18)12-15-28(25,26)24-13-10-21(11-14-24)17-27-16-20-6-8-22(23)9-7-20/h2-9,12,15,21H,10-11,13-14,16-17H2,1H3/b15-12+. The molecule has 1 aliphatic rings. The van der Waals surface area contributed by atoms with E-state index in [0.29, 0.717) is 37.2 Å². The van der Waals surface area contributed by atoms with E-state index in [1.807, 2.05) is 55.5 Å². The number of hydrogen-bond donors (Lipinski definition) is 0. The molecule has 0 aliphatic carbocycles. The van der Waals surface area contributed by atoms with E-state index in [9.17, 15) is 8.42 Å². The first-order chi connectivity index (χ1) is 13.4. The topological polar surface area (TPSA) is 46.6 Å². The zero-order valence-electron chi connectivity index (χ0n) is 16.1. The molecule has 0 unspecified atom stereocenters. The lowest BCUT2D eigenvalue weighted by Crippen LogP contribution is -2.38. The second-order valence-corrected chi connectivity index (χ2v) is 9.50. The summed E-state index contributed by atoms with van der Waals surface area (Å²) < 4.78 is 32.5. The Hall–Kier alpha value is -1.66. The van der Waals surface area contributed by atoms with Gasteiger partial charge in [0.25, 0.3) is 0 Å². The van der Waals surface area contributed by atoms with Gasteiger partial charge in [0, 0.05) is 30.1 Å². The van der Waals surface area contributed by atoms with E-state index in [-0.39, 0.29) is 0 Å². The average Bonchev–Trinajstić information content (AvgIpc) is 2.70. The third kappa shape index (κ3) is 6.17. The molecule has 0 aromatic heterocycles. The van der Waals surface area contributed by atoms with Crippen molar-refractivity contribution in [3.8, 4) is 0 Å². The molecule has 1 saturated heterocycles. The summed E-state index contributed by atoms with van der Waals surface area (Å²) in [6.07, 6.45) is 3.30. The molecule has 2 aromatic rings. The van der Waals surface area contributed by atoms with Crippen LogP contribution in [0.4, 0.5) is 0 Å². The zero-order valence-corrected chi connectivity index (χ0v) is 17.6. The first-order valence-electron chi connectivity index (χ1n) is 9.49. The van der Waals surface area contributed by atoms with Gasteiger partial charge in [-0.05, 0) is 55.0 Å². The quantitative estimate of drug-likeness (QED) is 0.642. The van der Waals surface area contributed by atoms with Crippen molar-refractivity contribution in [2.24, 2.45) is 5.92 Å². The van der Waals surface area contributed by atoms with Gasteiger partial charge in [-0.2, -0.15) is 4.31 Å². The van der Waals surface area contributed by atoms with Gasteiger partial charge in [0.1, 0.15) is 0 Å². The molecule has 150 valence electrons. The molecule has 4 nitrogen and oxygen atoms in total. The van der Waals surface area contributed by atoms with E-state index in [4.69, 9.17) is 16.3 Å². The van der Waals surface area contributed by atoms with Crippen molar-refractivity contribution in [3.63, 3.8) is 0 Å². The highest BCUT2D eigenvalue weighted by atomic mass is 35.5. The number of hydrogen-bond acceptors (Lipinski definition) is 3. The molecule has 3 rings (SSSR count). The van der Waals surface area contributed by atoms with Crippen LogP contribution in [0.5, 0.6) is 0 Å². The molecule has 0 saturated carbocycles. The molecule has 0 atom stereocenters. The summed E-state index contributed by atoms with van der Waals surface area (Å²) in [6, 6.07) is 15.4. The Bertz CT molecular complexity index is 884. The number of rotatable bonds is 7. The summed E-state index contributed by atoms with van der Waals surface area (Å²) in [7, 11) is -3.38. The van der Waals surface area contributed by atoms with Crippen molar-refractivity contribution in [1.82, 2.24) is 4.31 Å². The third-order valence-corrected chi connectivity index (χ3v) is 6.80. The van der Waals surface area contributed by atoms with Crippen LogP contribution in [0.2, 0.25) is 5.02 Å². The maximum Gasteiger partial charge on any atom is 0.236 e. The van der Waals surface area contributed by atoms with E-state index in [0.717, 1.165) is 29.5 Å². The van der Waals surface area contributed by atoms with Gasteiger partial charge >= 0.3 is 0 Å².